The van der Waals surface area contributed by atoms with Crippen LogP contribution in [0.15, 0.2) is 27.8 Å². The molecule has 3 heterocycles. The van der Waals surface area contributed by atoms with Gasteiger partial charge in [-0.05, 0) is 36.4 Å². The molecule has 1 aliphatic heterocycles. The van der Waals surface area contributed by atoms with Crippen LogP contribution in [0.3, 0.4) is 0 Å². The molecule has 11 heteroatoms. The van der Waals surface area contributed by atoms with Crippen LogP contribution in [0.1, 0.15) is 29.6 Å². The van der Waals surface area contributed by atoms with Gasteiger partial charge in [0, 0.05) is 6.54 Å². The van der Waals surface area contributed by atoms with E-state index in [4.69, 9.17) is 17.3 Å². The molecule has 1 atom stereocenters. The molecular weight excluding hydrogens is 418 g/mol. The number of sulfonamides is 1. The van der Waals surface area contributed by atoms with Gasteiger partial charge in [-0.1, -0.05) is 18.0 Å². The molecule has 2 amide bonds. The molecule has 26 heavy (non-hydrogen) atoms. The van der Waals surface area contributed by atoms with Crippen LogP contribution in [0.5, 0.6) is 0 Å². The summed E-state index contributed by atoms with van der Waals surface area (Å²) in [6.07, 6.45) is 1.82. The Bertz CT molecular complexity index is 938. The summed E-state index contributed by atoms with van der Waals surface area (Å²) in [5.41, 5.74) is 5.49. The number of nitrogens with zero attached hydrogens (tertiary/aromatic N) is 1. The fourth-order valence-electron chi connectivity index (χ4n) is 2.80. The summed E-state index contributed by atoms with van der Waals surface area (Å²) in [5.74, 6) is -1.12. The topological polar surface area (TPSA) is 110 Å². The van der Waals surface area contributed by atoms with Gasteiger partial charge < -0.3 is 11.1 Å². The third-order valence-electron chi connectivity index (χ3n) is 4.04. The number of halogens is 1. The zero-order valence-corrected chi connectivity index (χ0v) is 16.7. The average Bonchev–Trinajstić information content (AvgIpc) is 3.24. The highest BCUT2D eigenvalue weighted by atomic mass is 35.5. The molecule has 0 radical (unpaired) electrons. The normalized spacial score (nSPS) is 18.6. The van der Waals surface area contributed by atoms with Crippen molar-refractivity contribution >= 4 is 61.1 Å². The Morgan fingerprint density at radius 2 is 2.04 bits per heavy atom. The van der Waals surface area contributed by atoms with Gasteiger partial charge in [-0.15, -0.1) is 22.7 Å². The Balaban J connectivity index is 1.86. The van der Waals surface area contributed by atoms with E-state index in [1.807, 2.05) is 0 Å². The van der Waals surface area contributed by atoms with Crippen LogP contribution in [0.25, 0.3) is 0 Å². The first-order chi connectivity index (χ1) is 12.3. The Labute approximate surface area is 163 Å². The van der Waals surface area contributed by atoms with E-state index in [0.29, 0.717) is 22.2 Å². The summed E-state index contributed by atoms with van der Waals surface area (Å²) < 4.78 is 27.5. The first-order valence-electron chi connectivity index (χ1n) is 7.76. The van der Waals surface area contributed by atoms with Gasteiger partial charge in [-0.3, -0.25) is 9.59 Å². The predicted molar refractivity (Wildman–Crippen MR) is 102 cm³/mol. The highest BCUT2D eigenvalue weighted by Crippen LogP contribution is 2.32. The number of hydrogen-bond donors (Lipinski definition) is 2. The zero-order chi connectivity index (χ0) is 18.9. The van der Waals surface area contributed by atoms with Gasteiger partial charge in [0.25, 0.3) is 15.9 Å². The largest absolute Gasteiger partial charge is 0.366 e. The molecule has 140 valence electrons. The number of primary amides is 1. The number of hydrogen-bond acceptors (Lipinski definition) is 6. The van der Waals surface area contributed by atoms with Gasteiger partial charge >= 0.3 is 0 Å². The second-order valence-electron chi connectivity index (χ2n) is 5.70. The molecule has 0 bridgehead atoms. The highest BCUT2D eigenvalue weighted by molar-refractivity contribution is 7.91. The summed E-state index contributed by atoms with van der Waals surface area (Å²) >= 11 is 7.98. The maximum atomic E-state index is 12.9. The third-order valence-corrected chi connectivity index (χ3v) is 8.47. The minimum Gasteiger partial charge on any atom is -0.366 e. The van der Waals surface area contributed by atoms with Gasteiger partial charge in [0.05, 0.1) is 9.90 Å². The highest BCUT2D eigenvalue weighted by Gasteiger charge is 2.38. The van der Waals surface area contributed by atoms with Crippen molar-refractivity contribution in [3.05, 3.63) is 33.5 Å². The van der Waals surface area contributed by atoms with E-state index in [1.165, 1.54) is 22.5 Å². The molecule has 0 spiro atoms. The number of rotatable bonds is 5. The number of amides is 2. The lowest BCUT2D eigenvalue weighted by Crippen LogP contribution is -2.49. The van der Waals surface area contributed by atoms with Crippen LogP contribution in [-0.4, -0.2) is 37.1 Å². The van der Waals surface area contributed by atoms with Crippen LogP contribution in [0, 0.1) is 0 Å². The van der Waals surface area contributed by atoms with Crippen LogP contribution >= 0.6 is 34.3 Å². The Morgan fingerprint density at radius 3 is 2.69 bits per heavy atom. The Hall–Kier alpha value is -1.46. The second-order valence-corrected chi connectivity index (χ2v) is 10.5. The fourth-order valence-corrected chi connectivity index (χ4v) is 6.87. The van der Waals surface area contributed by atoms with E-state index in [9.17, 15) is 18.0 Å². The SMILES string of the molecule is NC(=O)c1ccsc1NC(=O)[C@H]1CCCCN1S(=O)(=O)c1ccc(Cl)s1. The predicted octanol–water partition coefficient (Wildman–Crippen LogP) is 2.74. The van der Waals surface area contributed by atoms with Crippen molar-refractivity contribution in [2.45, 2.75) is 29.5 Å². The van der Waals surface area contributed by atoms with Crippen molar-refractivity contribution in [1.29, 1.82) is 0 Å². The lowest BCUT2D eigenvalue weighted by molar-refractivity contribution is -0.120. The molecule has 3 rings (SSSR count). The summed E-state index contributed by atoms with van der Waals surface area (Å²) in [6, 6.07) is 3.63. The number of thiophene rings is 2. The van der Waals surface area contributed by atoms with E-state index in [1.54, 1.807) is 5.38 Å². The van der Waals surface area contributed by atoms with Crippen molar-refractivity contribution in [3.63, 3.8) is 0 Å². The first-order valence-corrected chi connectivity index (χ1v) is 11.3. The van der Waals surface area contributed by atoms with Gasteiger partial charge in [0.2, 0.25) is 5.91 Å². The van der Waals surface area contributed by atoms with Crippen molar-refractivity contribution in [3.8, 4) is 0 Å². The number of carbonyl (C=O) groups excluding carboxylic acids is 2. The minimum atomic E-state index is -3.82. The molecular formula is C15H16ClN3O4S3. The molecule has 0 aromatic carbocycles. The molecule has 1 aliphatic rings. The number of nitrogens with one attached hydrogen (secondary N) is 1. The van der Waals surface area contributed by atoms with Crippen LogP contribution in [0.2, 0.25) is 4.34 Å². The number of nitrogens with two attached hydrogens (primary N) is 1. The van der Waals surface area contributed by atoms with E-state index in [-0.39, 0.29) is 16.3 Å². The molecule has 0 saturated carbocycles. The quantitative estimate of drug-likeness (QED) is 0.755. The summed E-state index contributed by atoms with van der Waals surface area (Å²) in [4.78, 5) is 24.2. The number of piperidine rings is 1. The van der Waals surface area contributed by atoms with E-state index in [2.05, 4.69) is 5.32 Å². The standard InChI is InChI=1S/C15H16ClN3O4S3/c16-11-4-5-12(25-11)26(22,23)19-7-2-1-3-10(19)14(21)18-15-9(13(17)20)6-8-24-15/h4-6,8,10H,1-3,7H2,(H2,17,20)(H,18,21)/t10-/m1/s1. The molecule has 0 aliphatic carbocycles. The van der Waals surface area contributed by atoms with Crippen molar-refractivity contribution in [1.82, 2.24) is 4.31 Å². The van der Waals surface area contributed by atoms with E-state index in [0.717, 1.165) is 29.1 Å². The Morgan fingerprint density at radius 1 is 1.27 bits per heavy atom. The summed E-state index contributed by atoms with van der Waals surface area (Å²) in [7, 11) is -3.82. The molecule has 1 fully saturated rings. The first kappa shape index (κ1) is 19.3. The Kier molecular flexibility index (Phi) is 5.68. The summed E-state index contributed by atoms with van der Waals surface area (Å²) in [6.45, 7) is 0.253. The van der Waals surface area contributed by atoms with Crippen LogP contribution < -0.4 is 11.1 Å². The van der Waals surface area contributed by atoms with Gasteiger partial charge in [-0.25, -0.2) is 8.42 Å². The number of carbonyl (C=O) groups is 2. The van der Waals surface area contributed by atoms with Crippen LogP contribution in [-0.2, 0) is 14.8 Å². The summed E-state index contributed by atoms with van der Waals surface area (Å²) in [5, 5.41) is 4.61. The molecule has 7 nitrogen and oxygen atoms in total. The monoisotopic (exact) mass is 433 g/mol. The molecule has 2 aromatic heterocycles. The van der Waals surface area contributed by atoms with E-state index >= 15 is 0 Å². The smallest absolute Gasteiger partial charge is 0.253 e. The van der Waals surface area contributed by atoms with Crippen molar-refractivity contribution < 1.29 is 18.0 Å². The lowest BCUT2D eigenvalue weighted by Gasteiger charge is -2.33. The van der Waals surface area contributed by atoms with Gasteiger partial charge in [0.1, 0.15) is 15.3 Å². The average molecular weight is 434 g/mol. The third kappa shape index (κ3) is 3.79. The van der Waals surface area contributed by atoms with Gasteiger partial charge in [0.15, 0.2) is 0 Å². The molecule has 0 unspecified atom stereocenters. The van der Waals surface area contributed by atoms with Crippen LogP contribution in [0.4, 0.5) is 5.00 Å². The van der Waals surface area contributed by atoms with E-state index < -0.39 is 27.9 Å². The number of anilines is 1. The minimum absolute atomic E-state index is 0.108. The zero-order valence-electron chi connectivity index (χ0n) is 13.5. The van der Waals surface area contributed by atoms with Crippen molar-refractivity contribution in [2.24, 2.45) is 5.73 Å². The molecule has 2 aromatic rings. The second kappa shape index (κ2) is 7.65. The maximum absolute atomic E-state index is 12.9. The molecule has 3 N–H and O–H groups in total. The maximum Gasteiger partial charge on any atom is 0.253 e. The molecule has 1 saturated heterocycles. The van der Waals surface area contributed by atoms with Crippen molar-refractivity contribution in [2.75, 3.05) is 11.9 Å². The van der Waals surface area contributed by atoms with Gasteiger partial charge in [-0.2, -0.15) is 4.31 Å². The fraction of sp³-hybridized carbons (Fsp3) is 0.333. The lowest BCUT2D eigenvalue weighted by atomic mass is 10.0.